The summed E-state index contributed by atoms with van der Waals surface area (Å²) in [4.78, 5) is 12.4. The Morgan fingerprint density at radius 3 is 2.31 bits per heavy atom. The molecule has 0 aliphatic carbocycles. The zero-order valence-corrected chi connectivity index (χ0v) is 15.9. The van der Waals surface area contributed by atoms with E-state index >= 15 is 0 Å². The number of amides is 1. The lowest BCUT2D eigenvalue weighted by atomic mass is 10.1. The number of benzene rings is 2. The van der Waals surface area contributed by atoms with Gasteiger partial charge < -0.3 is 5.32 Å². The number of nitrogens with one attached hydrogen (secondary N) is 1. The molecule has 0 radical (unpaired) electrons. The maximum Gasteiger partial charge on any atom is 0.264 e. The lowest BCUT2D eigenvalue weighted by Gasteiger charge is -2.23. The topological polar surface area (TPSA) is 66.5 Å². The minimum atomic E-state index is -3.71. The zero-order valence-electron chi connectivity index (χ0n) is 15.1. The lowest BCUT2D eigenvalue weighted by molar-refractivity contribution is 0.0939. The molecular weight excluding hydrogens is 348 g/mol. The third kappa shape index (κ3) is 4.52. The fraction of sp³-hybridized carbons (Fsp3) is 0.250. The summed E-state index contributed by atoms with van der Waals surface area (Å²) >= 11 is 0. The van der Waals surface area contributed by atoms with Gasteiger partial charge in [-0.3, -0.25) is 9.10 Å². The van der Waals surface area contributed by atoms with Crippen molar-refractivity contribution in [2.75, 3.05) is 10.8 Å². The largest absolute Gasteiger partial charge is 0.350 e. The maximum absolute atomic E-state index is 12.9. The van der Waals surface area contributed by atoms with Gasteiger partial charge in [-0.1, -0.05) is 31.2 Å². The minimum absolute atomic E-state index is 0.0814. The third-order valence-electron chi connectivity index (χ3n) is 4.03. The minimum Gasteiger partial charge on any atom is -0.350 e. The van der Waals surface area contributed by atoms with Crippen LogP contribution in [0, 0.1) is 0 Å². The monoisotopic (exact) mass is 372 g/mol. The van der Waals surface area contributed by atoms with Crippen molar-refractivity contribution in [3.05, 3.63) is 72.8 Å². The standard InChI is InChI=1S/C20H24N2O3S/c1-4-15-22(26(24,25)19-9-7-6-8-10-19)18-13-11-17(12-14-18)20(23)21-16(3)5-2/h4,6-14,16H,1,5,15H2,2-3H3,(H,21,23). The molecule has 0 fully saturated rings. The van der Waals surface area contributed by atoms with Crippen molar-refractivity contribution in [1.29, 1.82) is 0 Å². The van der Waals surface area contributed by atoms with E-state index in [1.807, 2.05) is 13.8 Å². The molecule has 0 saturated carbocycles. The van der Waals surface area contributed by atoms with Crippen molar-refractivity contribution in [2.24, 2.45) is 0 Å². The number of carbonyl (C=O) groups is 1. The van der Waals surface area contributed by atoms with E-state index in [0.717, 1.165) is 6.42 Å². The summed E-state index contributed by atoms with van der Waals surface area (Å²) in [6.07, 6.45) is 2.37. The highest BCUT2D eigenvalue weighted by Crippen LogP contribution is 2.24. The molecule has 1 atom stereocenters. The lowest BCUT2D eigenvalue weighted by Crippen LogP contribution is -2.32. The van der Waals surface area contributed by atoms with Crippen molar-refractivity contribution in [2.45, 2.75) is 31.2 Å². The maximum atomic E-state index is 12.9. The van der Waals surface area contributed by atoms with Gasteiger partial charge in [-0.15, -0.1) is 6.58 Å². The van der Waals surface area contributed by atoms with Crippen LogP contribution in [0.3, 0.4) is 0 Å². The Morgan fingerprint density at radius 1 is 1.15 bits per heavy atom. The van der Waals surface area contributed by atoms with Gasteiger partial charge in [-0.05, 0) is 49.7 Å². The van der Waals surface area contributed by atoms with Crippen LogP contribution in [0.2, 0.25) is 0 Å². The Hall–Kier alpha value is -2.60. The van der Waals surface area contributed by atoms with Crippen molar-refractivity contribution in [3.63, 3.8) is 0 Å². The van der Waals surface area contributed by atoms with Crippen LogP contribution in [0.1, 0.15) is 30.6 Å². The first-order valence-electron chi connectivity index (χ1n) is 8.49. The van der Waals surface area contributed by atoms with E-state index in [-0.39, 0.29) is 23.4 Å². The van der Waals surface area contributed by atoms with Crippen LogP contribution in [-0.2, 0) is 10.0 Å². The van der Waals surface area contributed by atoms with Crippen molar-refractivity contribution < 1.29 is 13.2 Å². The predicted octanol–water partition coefficient (Wildman–Crippen LogP) is 3.60. The molecule has 0 aromatic heterocycles. The SMILES string of the molecule is C=CCN(c1ccc(C(=O)NC(C)CC)cc1)S(=O)(=O)c1ccccc1. The summed E-state index contributed by atoms with van der Waals surface area (Å²) in [5.41, 5.74) is 0.971. The number of hydrogen-bond donors (Lipinski definition) is 1. The molecule has 0 bridgehead atoms. The average Bonchev–Trinajstić information content (AvgIpc) is 2.66. The molecule has 2 aromatic carbocycles. The van der Waals surface area contributed by atoms with Crippen LogP contribution in [0.15, 0.2) is 72.1 Å². The number of nitrogens with zero attached hydrogens (tertiary/aromatic N) is 1. The van der Waals surface area contributed by atoms with E-state index in [2.05, 4.69) is 11.9 Å². The number of hydrogen-bond acceptors (Lipinski definition) is 3. The second-order valence-corrected chi connectivity index (χ2v) is 7.83. The van der Waals surface area contributed by atoms with E-state index in [0.29, 0.717) is 11.3 Å². The highest BCUT2D eigenvalue weighted by Gasteiger charge is 2.24. The first-order valence-corrected chi connectivity index (χ1v) is 9.93. The molecule has 5 nitrogen and oxygen atoms in total. The number of carbonyl (C=O) groups excluding carboxylic acids is 1. The van der Waals surface area contributed by atoms with Crippen molar-refractivity contribution in [1.82, 2.24) is 5.32 Å². The Labute approximate surface area is 155 Å². The normalized spacial score (nSPS) is 12.2. The second kappa shape index (κ2) is 8.67. The Kier molecular flexibility index (Phi) is 6.58. The van der Waals surface area contributed by atoms with Gasteiger partial charge in [-0.25, -0.2) is 8.42 Å². The summed E-state index contributed by atoms with van der Waals surface area (Å²) in [5.74, 6) is -0.174. The summed E-state index contributed by atoms with van der Waals surface area (Å²) in [5, 5.41) is 2.89. The molecule has 0 saturated heterocycles. The molecule has 1 amide bonds. The molecule has 1 unspecified atom stereocenters. The number of rotatable bonds is 8. The van der Waals surface area contributed by atoms with Crippen LogP contribution < -0.4 is 9.62 Å². The summed E-state index contributed by atoms with van der Waals surface area (Å²) in [7, 11) is -3.71. The van der Waals surface area contributed by atoms with Gasteiger partial charge in [-0.2, -0.15) is 0 Å². The molecular formula is C20H24N2O3S. The summed E-state index contributed by atoms with van der Waals surface area (Å²) < 4.78 is 27.1. The van der Waals surface area contributed by atoms with Gasteiger partial charge in [0, 0.05) is 11.6 Å². The van der Waals surface area contributed by atoms with Gasteiger partial charge in [0.05, 0.1) is 17.1 Å². The predicted molar refractivity (Wildman–Crippen MR) is 105 cm³/mol. The van der Waals surface area contributed by atoms with E-state index in [4.69, 9.17) is 0 Å². The molecule has 26 heavy (non-hydrogen) atoms. The molecule has 0 spiro atoms. The summed E-state index contributed by atoms with van der Waals surface area (Å²) in [6, 6.07) is 14.8. The third-order valence-corrected chi connectivity index (χ3v) is 5.84. The second-order valence-electron chi connectivity index (χ2n) is 5.97. The first kappa shape index (κ1) is 19.7. The van der Waals surface area contributed by atoms with Gasteiger partial charge in [0.25, 0.3) is 15.9 Å². The molecule has 0 heterocycles. The van der Waals surface area contributed by atoms with Gasteiger partial charge in [0.1, 0.15) is 0 Å². The molecule has 138 valence electrons. The van der Waals surface area contributed by atoms with Gasteiger partial charge in [0.2, 0.25) is 0 Å². The number of sulfonamides is 1. The van der Waals surface area contributed by atoms with Crippen LogP contribution in [0.25, 0.3) is 0 Å². The van der Waals surface area contributed by atoms with Crippen LogP contribution in [0.5, 0.6) is 0 Å². The highest BCUT2D eigenvalue weighted by atomic mass is 32.2. The van der Waals surface area contributed by atoms with Crippen molar-refractivity contribution in [3.8, 4) is 0 Å². The van der Waals surface area contributed by atoms with Crippen LogP contribution in [0.4, 0.5) is 5.69 Å². The fourth-order valence-electron chi connectivity index (χ4n) is 2.37. The van der Waals surface area contributed by atoms with Crippen molar-refractivity contribution >= 4 is 21.6 Å². The molecule has 6 heteroatoms. The zero-order chi connectivity index (χ0) is 19.2. The van der Waals surface area contributed by atoms with Crippen LogP contribution in [-0.4, -0.2) is 26.9 Å². The number of anilines is 1. The van der Waals surface area contributed by atoms with E-state index < -0.39 is 10.0 Å². The molecule has 2 rings (SSSR count). The molecule has 0 aliphatic rings. The Morgan fingerprint density at radius 2 is 1.77 bits per heavy atom. The summed E-state index contributed by atoms with van der Waals surface area (Å²) in [6.45, 7) is 7.72. The van der Waals surface area contributed by atoms with Gasteiger partial charge >= 0.3 is 0 Å². The van der Waals surface area contributed by atoms with E-state index in [1.54, 1.807) is 54.6 Å². The molecule has 1 N–H and O–H groups in total. The van der Waals surface area contributed by atoms with Gasteiger partial charge in [0.15, 0.2) is 0 Å². The smallest absolute Gasteiger partial charge is 0.264 e. The van der Waals surface area contributed by atoms with Crippen LogP contribution >= 0.6 is 0 Å². The van der Waals surface area contributed by atoms with E-state index in [9.17, 15) is 13.2 Å². The van der Waals surface area contributed by atoms with E-state index in [1.165, 1.54) is 10.4 Å². The quantitative estimate of drug-likeness (QED) is 0.720. The Balaban J connectivity index is 2.31. The average molecular weight is 372 g/mol. The Bertz CT molecular complexity index is 846. The molecule has 2 aromatic rings. The fourth-order valence-corrected chi connectivity index (χ4v) is 3.82. The molecule has 0 aliphatic heterocycles. The highest BCUT2D eigenvalue weighted by molar-refractivity contribution is 7.92. The first-order chi connectivity index (χ1) is 12.4.